The van der Waals surface area contributed by atoms with Crippen LogP contribution in [0.5, 0.6) is 0 Å². The van der Waals surface area contributed by atoms with Crippen molar-refractivity contribution >= 4 is 0 Å². The maximum atomic E-state index is 4.59. The summed E-state index contributed by atoms with van der Waals surface area (Å²) in [5.41, 5.74) is 1.06. The molecule has 2 aromatic heterocycles. The molecule has 0 amide bonds. The second kappa shape index (κ2) is 5.77. The van der Waals surface area contributed by atoms with Gasteiger partial charge in [0.15, 0.2) is 0 Å². The molecule has 2 unspecified atom stereocenters. The molecule has 0 bridgehead atoms. The summed E-state index contributed by atoms with van der Waals surface area (Å²) in [5.74, 6) is 0.843. The standard InChI is InChI=1S/C12H20N6/c1-4-9(2)18-6-5-10(17-18)7-11(13-3)12-14-8-15-16-12/h5-6,8-9,11,13H,4,7H2,1-3H3,(H,14,15,16). The highest BCUT2D eigenvalue weighted by Crippen LogP contribution is 2.15. The molecule has 0 spiro atoms. The third-order valence-electron chi connectivity index (χ3n) is 3.23. The summed E-state index contributed by atoms with van der Waals surface area (Å²) in [7, 11) is 1.92. The monoisotopic (exact) mass is 248 g/mol. The fourth-order valence-electron chi connectivity index (χ4n) is 1.85. The van der Waals surface area contributed by atoms with Gasteiger partial charge in [0.2, 0.25) is 0 Å². The van der Waals surface area contributed by atoms with Crippen LogP contribution in [0.15, 0.2) is 18.6 Å². The van der Waals surface area contributed by atoms with Gasteiger partial charge in [0, 0.05) is 18.7 Å². The van der Waals surface area contributed by atoms with Crippen LogP contribution in [0.2, 0.25) is 0 Å². The molecular formula is C12H20N6. The van der Waals surface area contributed by atoms with E-state index in [1.165, 1.54) is 6.33 Å². The van der Waals surface area contributed by atoms with Gasteiger partial charge < -0.3 is 5.32 Å². The molecule has 18 heavy (non-hydrogen) atoms. The van der Waals surface area contributed by atoms with Crippen LogP contribution in [0, 0.1) is 0 Å². The molecule has 2 rings (SSSR count). The van der Waals surface area contributed by atoms with Gasteiger partial charge in [-0.15, -0.1) is 0 Å². The van der Waals surface area contributed by atoms with Gasteiger partial charge in [-0.2, -0.15) is 10.2 Å². The van der Waals surface area contributed by atoms with E-state index in [2.05, 4.69) is 45.5 Å². The van der Waals surface area contributed by atoms with Crippen molar-refractivity contribution in [2.75, 3.05) is 7.05 Å². The number of hydrogen-bond donors (Lipinski definition) is 2. The van der Waals surface area contributed by atoms with Crippen LogP contribution >= 0.6 is 0 Å². The number of rotatable bonds is 6. The SMILES string of the molecule is CCC(C)n1ccc(CC(NC)c2ncn[nH]2)n1. The van der Waals surface area contributed by atoms with Gasteiger partial charge in [0.25, 0.3) is 0 Å². The van der Waals surface area contributed by atoms with Gasteiger partial charge in [-0.1, -0.05) is 6.92 Å². The van der Waals surface area contributed by atoms with Crippen LogP contribution in [0.25, 0.3) is 0 Å². The maximum absolute atomic E-state index is 4.59. The van der Waals surface area contributed by atoms with E-state index < -0.39 is 0 Å². The topological polar surface area (TPSA) is 71.4 Å². The molecule has 0 saturated heterocycles. The number of hydrogen-bond acceptors (Lipinski definition) is 4. The van der Waals surface area contributed by atoms with Crippen LogP contribution in [-0.2, 0) is 6.42 Å². The largest absolute Gasteiger partial charge is 0.310 e. The zero-order chi connectivity index (χ0) is 13.0. The van der Waals surface area contributed by atoms with Crippen molar-refractivity contribution in [3.05, 3.63) is 30.1 Å². The van der Waals surface area contributed by atoms with Gasteiger partial charge >= 0.3 is 0 Å². The molecule has 2 aromatic rings. The minimum atomic E-state index is 0.118. The fourth-order valence-corrected chi connectivity index (χ4v) is 1.85. The third-order valence-corrected chi connectivity index (χ3v) is 3.23. The molecule has 0 aromatic carbocycles. The van der Waals surface area contributed by atoms with E-state index in [-0.39, 0.29) is 6.04 Å². The fraction of sp³-hybridized carbons (Fsp3) is 0.583. The average Bonchev–Trinajstić information content (AvgIpc) is 3.05. The minimum Gasteiger partial charge on any atom is -0.310 e. The van der Waals surface area contributed by atoms with Crippen molar-refractivity contribution < 1.29 is 0 Å². The predicted molar refractivity (Wildman–Crippen MR) is 69.1 cm³/mol. The Morgan fingerprint density at radius 2 is 2.33 bits per heavy atom. The second-order valence-corrected chi connectivity index (χ2v) is 4.46. The van der Waals surface area contributed by atoms with E-state index in [9.17, 15) is 0 Å². The van der Waals surface area contributed by atoms with Gasteiger partial charge in [-0.25, -0.2) is 4.98 Å². The zero-order valence-electron chi connectivity index (χ0n) is 11.1. The third kappa shape index (κ3) is 2.76. The summed E-state index contributed by atoms with van der Waals surface area (Å²) in [6.45, 7) is 4.33. The second-order valence-electron chi connectivity index (χ2n) is 4.46. The van der Waals surface area contributed by atoms with Crippen molar-refractivity contribution in [1.82, 2.24) is 30.3 Å². The Bertz CT molecular complexity index is 461. The molecule has 6 nitrogen and oxygen atoms in total. The molecule has 0 saturated carbocycles. The Morgan fingerprint density at radius 3 is 2.94 bits per heavy atom. The molecular weight excluding hydrogens is 228 g/mol. The van der Waals surface area contributed by atoms with Gasteiger partial charge in [-0.3, -0.25) is 9.78 Å². The zero-order valence-corrected chi connectivity index (χ0v) is 11.1. The van der Waals surface area contributed by atoms with Gasteiger partial charge in [0.05, 0.1) is 11.7 Å². The Balaban J connectivity index is 2.06. The van der Waals surface area contributed by atoms with Crippen molar-refractivity contribution in [2.24, 2.45) is 0 Å². The summed E-state index contributed by atoms with van der Waals surface area (Å²) in [6.07, 6.45) is 5.45. The molecule has 6 heteroatoms. The highest BCUT2D eigenvalue weighted by atomic mass is 15.3. The van der Waals surface area contributed by atoms with Crippen LogP contribution in [0.3, 0.4) is 0 Å². The molecule has 98 valence electrons. The lowest BCUT2D eigenvalue weighted by atomic mass is 10.1. The number of nitrogens with one attached hydrogen (secondary N) is 2. The highest BCUT2D eigenvalue weighted by Gasteiger charge is 2.15. The Morgan fingerprint density at radius 1 is 1.50 bits per heavy atom. The molecule has 0 fully saturated rings. The normalized spacial score (nSPS) is 14.6. The lowest BCUT2D eigenvalue weighted by Crippen LogP contribution is -2.20. The van der Waals surface area contributed by atoms with Crippen molar-refractivity contribution in [2.45, 2.75) is 38.8 Å². The van der Waals surface area contributed by atoms with Crippen LogP contribution in [0.1, 0.15) is 43.9 Å². The van der Waals surface area contributed by atoms with E-state index in [0.717, 1.165) is 24.4 Å². The first-order chi connectivity index (χ1) is 8.74. The summed E-state index contributed by atoms with van der Waals surface area (Å²) >= 11 is 0. The number of aromatic nitrogens is 5. The smallest absolute Gasteiger partial charge is 0.141 e. The van der Waals surface area contributed by atoms with E-state index in [0.29, 0.717) is 6.04 Å². The first kappa shape index (κ1) is 12.8. The van der Waals surface area contributed by atoms with Crippen LogP contribution < -0.4 is 5.32 Å². The molecule has 0 radical (unpaired) electrons. The molecule has 2 atom stereocenters. The minimum absolute atomic E-state index is 0.118. The maximum Gasteiger partial charge on any atom is 0.141 e. The summed E-state index contributed by atoms with van der Waals surface area (Å²) < 4.78 is 2.02. The number of aromatic amines is 1. The van der Waals surface area contributed by atoms with E-state index in [4.69, 9.17) is 0 Å². The lowest BCUT2D eigenvalue weighted by Gasteiger charge is -2.12. The number of H-pyrrole nitrogens is 1. The van der Waals surface area contributed by atoms with E-state index in [1.54, 1.807) is 0 Å². The predicted octanol–water partition coefficient (Wildman–Crippen LogP) is 1.48. The van der Waals surface area contributed by atoms with Crippen molar-refractivity contribution in [3.8, 4) is 0 Å². The molecule has 2 heterocycles. The average molecular weight is 248 g/mol. The quantitative estimate of drug-likeness (QED) is 0.812. The number of nitrogens with zero attached hydrogens (tertiary/aromatic N) is 4. The molecule has 0 aliphatic heterocycles. The van der Waals surface area contributed by atoms with E-state index in [1.807, 2.05) is 17.9 Å². The first-order valence-corrected chi connectivity index (χ1v) is 6.31. The summed E-state index contributed by atoms with van der Waals surface area (Å²) in [4.78, 5) is 4.18. The summed E-state index contributed by atoms with van der Waals surface area (Å²) in [6, 6.07) is 2.62. The Kier molecular flexibility index (Phi) is 4.09. The Labute approximate surface area is 107 Å². The van der Waals surface area contributed by atoms with Crippen LogP contribution in [-0.4, -0.2) is 32.0 Å². The Hall–Kier alpha value is -1.69. The van der Waals surface area contributed by atoms with E-state index >= 15 is 0 Å². The highest BCUT2D eigenvalue weighted by molar-refractivity contribution is 5.05. The number of likely N-dealkylation sites (N-methyl/N-ethyl adjacent to an activating group) is 1. The first-order valence-electron chi connectivity index (χ1n) is 6.31. The summed E-state index contributed by atoms with van der Waals surface area (Å²) in [5, 5.41) is 14.6. The van der Waals surface area contributed by atoms with Gasteiger partial charge in [-0.05, 0) is 26.5 Å². The van der Waals surface area contributed by atoms with Crippen LogP contribution in [0.4, 0.5) is 0 Å². The lowest BCUT2D eigenvalue weighted by molar-refractivity contribution is 0.467. The molecule has 2 N–H and O–H groups in total. The van der Waals surface area contributed by atoms with Crippen molar-refractivity contribution in [3.63, 3.8) is 0 Å². The van der Waals surface area contributed by atoms with Crippen molar-refractivity contribution in [1.29, 1.82) is 0 Å². The molecule has 0 aliphatic rings. The molecule has 0 aliphatic carbocycles. The van der Waals surface area contributed by atoms with Gasteiger partial charge in [0.1, 0.15) is 12.2 Å².